The molecule has 174 valence electrons. The summed E-state index contributed by atoms with van der Waals surface area (Å²) in [6, 6.07) is 0.435. The first kappa shape index (κ1) is 23.9. The SMILES string of the molecule is CC(C)C1CC(NC2NC(N3CCC[C@H](N)C3)NCC2C(N)=O)CC(C(C)(C)O)C1. The van der Waals surface area contributed by atoms with Gasteiger partial charge in [-0.1, -0.05) is 13.8 Å². The minimum atomic E-state index is -0.704. The van der Waals surface area contributed by atoms with Gasteiger partial charge in [-0.2, -0.15) is 0 Å². The topological polar surface area (TPSA) is 129 Å². The van der Waals surface area contributed by atoms with E-state index >= 15 is 0 Å². The molecule has 0 aromatic heterocycles. The number of piperidine rings is 1. The van der Waals surface area contributed by atoms with Gasteiger partial charge in [-0.3, -0.25) is 25.6 Å². The van der Waals surface area contributed by atoms with Crippen LogP contribution in [0.25, 0.3) is 0 Å². The standard InChI is InChI=1S/C22H44N6O2/c1-13(2)14-8-15(22(3,4)30)10-17(9-14)26-20-18(19(24)29)11-25-21(27-20)28-7-5-6-16(23)12-28/h13-18,20-21,25-27,30H,5-12,23H2,1-4H3,(H2,24,29)/t14?,15?,16-,17?,18?,20?,21?/m0/s1. The molecule has 8 heteroatoms. The zero-order valence-corrected chi connectivity index (χ0v) is 19.2. The smallest absolute Gasteiger partial charge is 0.224 e. The molecular formula is C22H44N6O2. The van der Waals surface area contributed by atoms with E-state index in [4.69, 9.17) is 11.5 Å². The maximum absolute atomic E-state index is 12.2. The number of hydrogen-bond acceptors (Lipinski definition) is 7. The average molecular weight is 425 g/mol. The number of aliphatic hydroxyl groups is 1. The summed E-state index contributed by atoms with van der Waals surface area (Å²) in [7, 11) is 0. The summed E-state index contributed by atoms with van der Waals surface area (Å²) in [5.41, 5.74) is 11.2. The molecule has 3 fully saturated rings. The van der Waals surface area contributed by atoms with Crippen LogP contribution in [0.15, 0.2) is 0 Å². The Labute approximate surface area is 181 Å². The summed E-state index contributed by atoms with van der Waals surface area (Å²) in [5.74, 6) is 0.740. The molecule has 8 N–H and O–H groups in total. The van der Waals surface area contributed by atoms with Crippen LogP contribution in [0.1, 0.15) is 59.8 Å². The summed E-state index contributed by atoms with van der Waals surface area (Å²) in [6.07, 6.45) is 4.95. The van der Waals surface area contributed by atoms with Crippen molar-refractivity contribution in [2.24, 2.45) is 35.1 Å². The van der Waals surface area contributed by atoms with Gasteiger partial charge in [0, 0.05) is 31.7 Å². The molecule has 0 spiro atoms. The van der Waals surface area contributed by atoms with Crippen molar-refractivity contribution in [3.05, 3.63) is 0 Å². The van der Waals surface area contributed by atoms with Crippen molar-refractivity contribution in [1.29, 1.82) is 0 Å². The second kappa shape index (κ2) is 9.79. The molecule has 1 saturated carbocycles. The van der Waals surface area contributed by atoms with E-state index in [-0.39, 0.29) is 42.3 Å². The predicted octanol–water partition coefficient (Wildman–Crippen LogP) is 0.115. The van der Waals surface area contributed by atoms with E-state index in [0.717, 1.165) is 45.2 Å². The Hall–Kier alpha value is -0.770. The molecule has 3 aliphatic rings. The molecule has 30 heavy (non-hydrogen) atoms. The molecule has 0 radical (unpaired) electrons. The fourth-order valence-electron chi connectivity index (χ4n) is 5.51. The van der Waals surface area contributed by atoms with Crippen LogP contribution in [0.5, 0.6) is 0 Å². The fraction of sp³-hybridized carbons (Fsp3) is 0.955. The Bertz CT molecular complexity index is 580. The van der Waals surface area contributed by atoms with Crippen LogP contribution >= 0.6 is 0 Å². The summed E-state index contributed by atoms with van der Waals surface area (Å²) in [4.78, 5) is 14.5. The molecule has 8 nitrogen and oxygen atoms in total. The van der Waals surface area contributed by atoms with Gasteiger partial charge >= 0.3 is 0 Å². The lowest BCUT2D eigenvalue weighted by Crippen LogP contribution is -2.72. The highest BCUT2D eigenvalue weighted by Crippen LogP contribution is 2.39. The number of hydrogen-bond donors (Lipinski definition) is 6. The zero-order valence-electron chi connectivity index (χ0n) is 19.2. The van der Waals surface area contributed by atoms with Gasteiger partial charge in [0.2, 0.25) is 5.91 Å². The Morgan fingerprint density at radius 2 is 2.00 bits per heavy atom. The van der Waals surface area contributed by atoms with Crippen molar-refractivity contribution in [2.45, 2.75) is 89.9 Å². The highest BCUT2D eigenvalue weighted by atomic mass is 16.3. The lowest BCUT2D eigenvalue weighted by atomic mass is 9.69. The monoisotopic (exact) mass is 424 g/mol. The van der Waals surface area contributed by atoms with E-state index in [1.807, 2.05) is 13.8 Å². The van der Waals surface area contributed by atoms with Gasteiger partial charge in [0.1, 0.15) is 6.29 Å². The fourth-order valence-corrected chi connectivity index (χ4v) is 5.51. The molecule has 7 atom stereocenters. The number of primary amides is 1. The summed E-state index contributed by atoms with van der Waals surface area (Å²) < 4.78 is 0. The molecule has 3 rings (SSSR count). The Morgan fingerprint density at radius 1 is 1.27 bits per heavy atom. The van der Waals surface area contributed by atoms with Gasteiger partial charge in [0.15, 0.2) is 0 Å². The number of nitrogens with zero attached hydrogens (tertiary/aromatic N) is 1. The summed E-state index contributed by atoms with van der Waals surface area (Å²) >= 11 is 0. The van der Waals surface area contributed by atoms with Gasteiger partial charge in [-0.15, -0.1) is 0 Å². The third kappa shape index (κ3) is 5.93. The Kier molecular flexibility index (Phi) is 7.80. The molecule has 2 aliphatic heterocycles. The van der Waals surface area contributed by atoms with E-state index in [1.165, 1.54) is 0 Å². The summed E-state index contributed by atoms with van der Waals surface area (Å²) in [6.45, 7) is 10.7. The largest absolute Gasteiger partial charge is 0.390 e. The van der Waals surface area contributed by atoms with Crippen molar-refractivity contribution in [3.63, 3.8) is 0 Å². The minimum absolute atomic E-state index is 0.0148. The average Bonchev–Trinajstić information content (AvgIpc) is 2.66. The number of likely N-dealkylation sites (tertiary alicyclic amines) is 1. The molecule has 2 heterocycles. The molecule has 1 amide bonds. The van der Waals surface area contributed by atoms with Crippen molar-refractivity contribution in [2.75, 3.05) is 19.6 Å². The highest BCUT2D eigenvalue weighted by Gasteiger charge is 2.41. The van der Waals surface area contributed by atoms with Gasteiger partial charge < -0.3 is 16.6 Å². The lowest BCUT2D eigenvalue weighted by molar-refractivity contribution is -0.125. The normalized spacial score (nSPS) is 39.2. The van der Waals surface area contributed by atoms with Crippen molar-refractivity contribution >= 4 is 5.91 Å². The maximum Gasteiger partial charge on any atom is 0.224 e. The number of nitrogens with one attached hydrogen (secondary N) is 3. The lowest BCUT2D eigenvalue weighted by Gasteiger charge is -2.47. The number of rotatable bonds is 6. The second-order valence-electron chi connectivity index (χ2n) is 10.8. The first-order valence-corrected chi connectivity index (χ1v) is 11.8. The van der Waals surface area contributed by atoms with E-state index in [0.29, 0.717) is 18.4 Å². The van der Waals surface area contributed by atoms with Gasteiger partial charge in [-0.05, 0) is 63.7 Å². The number of carbonyl (C=O) groups is 1. The zero-order chi connectivity index (χ0) is 22.1. The second-order valence-corrected chi connectivity index (χ2v) is 10.8. The Balaban J connectivity index is 1.70. The van der Waals surface area contributed by atoms with E-state index in [2.05, 4.69) is 34.7 Å². The molecular weight excluding hydrogens is 380 g/mol. The van der Waals surface area contributed by atoms with Crippen molar-refractivity contribution in [3.8, 4) is 0 Å². The van der Waals surface area contributed by atoms with Crippen LogP contribution in [0.4, 0.5) is 0 Å². The van der Waals surface area contributed by atoms with Crippen molar-refractivity contribution < 1.29 is 9.90 Å². The van der Waals surface area contributed by atoms with E-state index in [1.54, 1.807) is 0 Å². The van der Waals surface area contributed by atoms with E-state index < -0.39 is 5.60 Å². The molecule has 0 bridgehead atoms. The molecule has 6 unspecified atom stereocenters. The highest BCUT2D eigenvalue weighted by molar-refractivity contribution is 5.77. The van der Waals surface area contributed by atoms with Crippen LogP contribution in [-0.4, -0.2) is 65.7 Å². The third-order valence-electron chi connectivity index (χ3n) is 7.59. The Morgan fingerprint density at radius 3 is 2.60 bits per heavy atom. The molecule has 2 saturated heterocycles. The van der Waals surface area contributed by atoms with Crippen LogP contribution in [0, 0.1) is 23.7 Å². The van der Waals surface area contributed by atoms with Crippen LogP contribution < -0.4 is 27.4 Å². The first-order valence-electron chi connectivity index (χ1n) is 11.8. The third-order valence-corrected chi connectivity index (χ3v) is 7.59. The number of amides is 1. The minimum Gasteiger partial charge on any atom is -0.390 e. The van der Waals surface area contributed by atoms with Crippen LogP contribution in [0.2, 0.25) is 0 Å². The van der Waals surface area contributed by atoms with Gasteiger partial charge in [-0.25, -0.2) is 0 Å². The number of carbonyl (C=O) groups excluding carboxylic acids is 1. The van der Waals surface area contributed by atoms with Gasteiger partial charge in [0.05, 0.1) is 17.7 Å². The van der Waals surface area contributed by atoms with Crippen molar-refractivity contribution in [1.82, 2.24) is 20.9 Å². The molecule has 1 aliphatic carbocycles. The maximum atomic E-state index is 12.2. The summed E-state index contributed by atoms with van der Waals surface area (Å²) in [5, 5.41) is 21.5. The van der Waals surface area contributed by atoms with Crippen LogP contribution in [0.3, 0.4) is 0 Å². The predicted molar refractivity (Wildman–Crippen MR) is 119 cm³/mol. The van der Waals surface area contributed by atoms with Crippen LogP contribution in [-0.2, 0) is 4.79 Å². The number of nitrogens with two attached hydrogens (primary N) is 2. The van der Waals surface area contributed by atoms with Gasteiger partial charge in [0.25, 0.3) is 0 Å². The quantitative estimate of drug-likeness (QED) is 0.357. The molecule has 0 aromatic rings. The van der Waals surface area contributed by atoms with E-state index in [9.17, 15) is 9.90 Å². The molecule has 0 aromatic carbocycles. The first-order chi connectivity index (χ1) is 14.0.